The molecule has 0 aliphatic rings. The van der Waals surface area contributed by atoms with Crippen LogP contribution in [-0.2, 0) is 9.53 Å². The zero-order chi connectivity index (χ0) is 12.8. The van der Waals surface area contributed by atoms with Crippen LogP contribution in [0.2, 0.25) is 0 Å². The molecule has 0 unspecified atom stereocenters. The molecule has 0 aromatic heterocycles. The molecule has 0 saturated heterocycles. The van der Waals surface area contributed by atoms with Crippen LogP contribution in [0.4, 0.5) is 5.69 Å². The van der Waals surface area contributed by atoms with E-state index in [0.717, 1.165) is 18.2 Å². The second-order valence-corrected chi connectivity index (χ2v) is 3.03. The van der Waals surface area contributed by atoms with Gasteiger partial charge >= 0.3 is 5.97 Å². The van der Waals surface area contributed by atoms with Crippen LogP contribution in [0.5, 0.6) is 0 Å². The van der Waals surface area contributed by atoms with E-state index in [1.54, 1.807) is 0 Å². The topological polar surface area (TPSA) is 86.5 Å². The van der Waals surface area contributed by atoms with E-state index in [4.69, 9.17) is 0 Å². The molecule has 1 aromatic carbocycles. The molecule has 17 heavy (non-hydrogen) atoms. The summed E-state index contributed by atoms with van der Waals surface area (Å²) in [5, 5.41) is 10.5. The van der Waals surface area contributed by atoms with E-state index in [-0.39, 0.29) is 11.3 Å². The number of ether oxygens (including phenoxy) is 1. The minimum atomic E-state index is -0.663. The number of carbonyl (C=O) groups is 2. The first kappa shape index (κ1) is 12.6. The zero-order valence-corrected chi connectivity index (χ0v) is 8.95. The van der Waals surface area contributed by atoms with E-state index in [9.17, 15) is 19.7 Å². The predicted molar refractivity (Wildman–Crippen MR) is 58.6 cm³/mol. The highest BCUT2D eigenvalue weighted by Gasteiger charge is 2.09. The van der Waals surface area contributed by atoms with Gasteiger partial charge in [0.15, 0.2) is 5.78 Å². The fourth-order valence-corrected chi connectivity index (χ4v) is 1.08. The molecule has 0 saturated carbocycles. The van der Waals surface area contributed by atoms with Gasteiger partial charge in [0, 0.05) is 23.8 Å². The van der Waals surface area contributed by atoms with Gasteiger partial charge in [0.2, 0.25) is 0 Å². The fourth-order valence-electron chi connectivity index (χ4n) is 1.08. The minimum absolute atomic E-state index is 0.138. The molecule has 1 rings (SSSR count). The maximum atomic E-state index is 11.5. The van der Waals surface area contributed by atoms with Crippen LogP contribution >= 0.6 is 0 Å². The summed E-state index contributed by atoms with van der Waals surface area (Å²) in [4.78, 5) is 32.2. The molecule has 0 spiro atoms. The number of hydrogen-bond donors (Lipinski definition) is 0. The number of nitrogens with zero attached hydrogens (tertiary/aromatic N) is 1. The number of allylic oxidation sites excluding steroid dienone is 1. The summed E-state index contributed by atoms with van der Waals surface area (Å²) in [6, 6.07) is 5.25. The normalized spacial score (nSPS) is 10.2. The molecule has 0 fully saturated rings. The van der Waals surface area contributed by atoms with E-state index < -0.39 is 16.7 Å². The first-order valence-corrected chi connectivity index (χ1v) is 4.59. The van der Waals surface area contributed by atoms with Crippen molar-refractivity contribution in [3.05, 3.63) is 52.1 Å². The zero-order valence-electron chi connectivity index (χ0n) is 8.95. The van der Waals surface area contributed by atoms with E-state index in [2.05, 4.69) is 4.74 Å². The van der Waals surface area contributed by atoms with Crippen LogP contribution in [0.25, 0.3) is 0 Å². The molecule has 0 heterocycles. The summed E-state index contributed by atoms with van der Waals surface area (Å²) in [6.07, 6.45) is 1.96. The van der Waals surface area contributed by atoms with Crippen molar-refractivity contribution in [1.82, 2.24) is 0 Å². The first-order valence-electron chi connectivity index (χ1n) is 4.59. The number of nitro benzene ring substituents is 1. The highest BCUT2D eigenvalue weighted by Crippen LogP contribution is 2.13. The number of rotatable bonds is 4. The summed E-state index contributed by atoms with van der Waals surface area (Å²) >= 11 is 0. The molecule has 0 radical (unpaired) electrons. The van der Waals surface area contributed by atoms with Gasteiger partial charge in [0.25, 0.3) is 5.69 Å². The molecular formula is C11H9NO5. The number of carbonyl (C=O) groups excluding carboxylic acids is 2. The molecular weight excluding hydrogens is 226 g/mol. The van der Waals surface area contributed by atoms with Crippen molar-refractivity contribution in [2.75, 3.05) is 7.11 Å². The number of non-ortho nitro benzene ring substituents is 1. The average Bonchev–Trinajstić information content (AvgIpc) is 2.35. The Balaban J connectivity index is 2.90. The molecule has 0 N–H and O–H groups in total. The van der Waals surface area contributed by atoms with E-state index >= 15 is 0 Å². The van der Waals surface area contributed by atoms with E-state index in [1.165, 1.54) is 25.3 Å². The maximum absolute atomic E-state index is 11.5. The van der Waals surface area contributed by atoms with Crippen LogP contribution in [0, 0.1) is 10.1 Å². The van der Waals surface area contributed by atoms with Crippen LogP contribution in [0.1, 0.15) is 10.4 Å². The SMILES string of the molecule is COC(=O)C=CC(=O)c1cccc([N+](=O)[O-])c1. The third-order valence-corrected chi connectivity index (χ3v) is 1.91. The standard InChI is InChI=1S/C11H9NO5/c1-17-11(14)6-5-10(13)8-3-2-4-9(7-8)12(15)16/h2-7H,1H3. The smallest absolute Gasteiger partial charge is 0.330 e. The van der Waals surface area contributed by atoms with E-state index in [1.807, 2.05) is 0 Å². The summed E-state index contributed by atoms with van der Waals surface area (Å²) in [5.74, 6) is -1.16. The van der Waals surface area contributed by atoms with Gasteiger partial charge in [-0.05, 0) is 6.08 Å². The van der Waals surface area contributed by atoms with Crippen LogP contribution in [0.3, 0.4) is 0 Å². The molecule has 6 nitrogen and oxygen atoms in total. The molecule has 88 valence electrons. The average molecular weight is 235 g/mol. The van der Waals surface area contributed by atoms with Crippen molar-refractivity contribution in [3.63, 3.8) is 0 Å². The van der Waals surface area contributed by atoms with Crippen molar-refractivity contribution >= 4 is 17.4 Å². The Hall–Kier alpha value is -2.50. The van der Waals surface area contributed by atoms with Crippen LogP contribution in [0.15, 0.2) is 36.4 Å². The van der Waals surface area contributed by atoms with Crippen molar-refractivity contribution in [2.24, 2.45) is 0 Å². The third kappa shape index (κ3) is 3.53. The van der Waals surface area contributed by atoms with Gasteiger partial charge in [-0.15, -0.1) is 0 Å². The van der Waals surface area contributed by atoms with Gasteiger partial charge < -0.3 is 4.74 Å². The third-order valence-electron chi connectivity index (χ3n) is 1.91. The molecule has 0 atom stereocenters. The summed E-state index contributed by atoms with van der Waals surface area (Å²) in [7, 11) is 1.19. The number of nitro groups is 1. The Labute approximate surface area is 96.7 Å². The Morgan fingerprint density at radius 3 is 2.65 bits per heavy atom. The fraction of sp³-hybridized carbons (Fsp3) is 0.0909. The summed E-state index contributed by atoms with van der Waals surface area (Å²) in [6.45, 7) is 0. The second kappa shape index (κ2) is 5.55. The largest absolute Gasteiger partial charge is 0.466 e. The lowest BCUT2D eigenvalue weighted by Gasteiger charge is -1.96. The van der Waals surface area contributed by atoms with Gasteiger partial charge in [-0.2, -0.15) is 0 Å². The Kier molecular flexibility index (Phi) is 4.10. The van der Waals surface area contributed by atoms with Crippen molar-refractivity contribution < 1.29 is 19.2 Å². The highest BCUT2D eigenvalue weighted by molar-refractivity contribution is 6.07. The second-order valence-electron chi connectivity index (χ2n) is 3.03. The number of esters is 1. The Morgan fingerprint density at radius 1 is 1.35 bits per heavy atom. The minimum Gasteiger partial charge on any atom is -0.466 e. The van der Waals surface area contributed by atoms with Gasteiger partial charge in [0.05, 0.1) is 12.0 Å². The monoisotopic (exact) mass is 235 g/mol. The van der Waals surface area contributed by atoms with Gasteiger partial charge in [-0.3, -0.25) is 14.9 Å². The number of methoxy groups -OCH3 is 1. The Bertz CT molecular complexity index is 492. The van der Waals surface area contributed by atoms with E-state index in [0.29, 0.717) is 0 Å². The molecule has 6 heteroatoms. The van der Waals surface area contributed by atoms with Gasteiger partial charge in [-0.25, -0.2) is 4.79 Å². The predicted octanol–water partition coefficient (Wildman–Crippen LogP) is 1.51. The van der Waals surface area contributed by atoms with Crippen molar-refractivity contribution in [2.45, 2.75) is 0 Å². The number of benzene rings is 1. The van der Waals surface area contributed by atoms with Crippen molar-refractivity contribution in [3.8, 4) is 0 Å². The van der Waals surface area contributed by atoms with Crippen molar-refractivity contribution in [1.29, 1.82) is 0 Å². The van der Waals surface area contributed by atoms with Gasteiger partial charge in [-0.1, -0.05) is 12.1 Å². The lowest BCUT2D eigenvalue weighted by atomic mass is 10.1. The molecule has 0 aliphatic carbocycles. The molecule has 0 bridgehead atoms. The quantitative estimate of drug-likeness (QED) is 0.259. The molecule has 0 amide bonds. The summed E-state index contributed by atoms with van der Waals surface area (Å²) in [5.41, 5.74) is -0.0401. The Morgan fingerprint density at radius 2 is 2.06 bits per heavy atom. The van der Waals surface area contributed by atoms with Gasteiger partial charge in [0.1, 0.15) is 0 Å². The lowest BCUT2D eigenvalue weighted by Crippen LogP contribution is -1.99. The maximum Gasteiger partial charge on any atom is 0.330 e. The molecule has 1 aromatic rings. The highest BCUT2D eigenvalue weighted by atomic mass is 16.6. The summed E-state index contributed by atoms with van der Waals surface area (Å²) < 4.78 is 4.31. The number of hydrogen-bond acceptors (Lipinski definition) is 5. The first-order chi connectivity index (χ1) is 8.04. The number of ketones is 1. The van der Waals surface area contributed by atoms with Crippen LogP contribution in [-0.4, -0.2) is 23.8 Å². The van der Waals surface area contributed by atoms with Crippen LogP contribution < -0.4 is 0 Å². The molecule has 0 aliphatic heterocycles. The lowest BCUT2D eigenvalue weighted by molar-refractivity contribution is -0.384.